The van der Waals surface area contributed by atoms with Crippen LogP contribution in [0.3, 0.4) is 0 Å². The van der Waals surface area contributed by atoms with Crippen LogP contribution in [0.4, 0.5) is 14.7 Å². The number of fused-ring (bicyclic) bond motifs is 2. The Labute approximate surface area is 369 Å². The topological polar surface area (TPSA) is 133 Å². The van der Waals surface area contributed by atoms with Gasteiger partial charge in [-0.25, -0.2) is 19.2 Å². The van der Waals surface area contributed by atoms with Gasteiger partial charge in [-0.1, -0.05) is 54.9 Å². The van der Waals surface area contributed by atoms with Crippen LogP contribution < -0.4 is 15.0 Å². The van der Waals surface area contributed by atoms with Gasteiger partial charge in [-0.15, -0.1) is 11.3 Å². The molecule has 0 atom stereocenters. The third-order valence-corrected chi connectivity index (χ3v) is 12.6. The van der Waals surface area contributed by atoms with Crippen molar-refractivity contribution in [1.82, 2.24) is 15.0 Å². The highest BCUT2D eigenvalue weighted by molar-refractivity contribution is 7.22. The molecule has 14 heteroatoms. The lowest BCUT2D eigenvalue weighted by Gasteiger charge is -2.29. The zero-order valence-electron chi connectivity index (χ0n) is 35.6. The van der Waals surface area contributed by atoms with Gasteiger partial charge in [-0.3, -0.25) is 19.9 Å². The Kier molecular flexibility index (Phi) is 14.6. The maximum Gasteiger partial charge on any atom is 0.357 e. The van der Waals surface area contributed by atoms with Gasteiger partial charge in [0.1, 0.15) is 22.9 Å². The number of unbranched alkanes of at least 4 members (excludes halogenated alkanes) is 4. The van der Waals surface area contributed by atoms with Crippen LogP contribution in [-0.4, -0.2) is 58.7 Å². The van der Waals surface area contributed by atoms with Crippen LogP contribution in [0, 0.1) is 5.82 Å². The first-order valence-electron chi connectivity index (χ1n) is 21.1. The molecule has 7 rings (SSSR count). The molecule has 0 saturated carbocycles. The van der Waals surface area contributed by atoms with Crippen LogP contribution in [0.1, 0.15) is 108 Å². The number of amides is 1. The van der Waals surface area contributed by atoms with Crippen molar-refractivity contribution in [3.8, 4) is 17.0 Å². The molecule has 0 bridgehead atoms. The molecule has 62 heavy (non-hydrogen) atoms. The number of carbonyl (C=O) groups excluding carboxylic acids is 3. The summed E-state index contributed by atoms with van der Waals surface area (Å²) in [5.41, 5.74) is 5.11. The fourth-order valence-corrected chi connectivity index (χ4v) is 9.40. The number of anilines is 2. The highest BCUT2D eigenvalue weighted by atomic mass is 32.1. The van der Waals surface area contributed by atoms with E-state index >= 15 is 4.39 Å². The van der Waals surface area contributed by atoms with Crippen molar-refractivity contribution in [1.29, 1.82) is 0 Å². The van der Waals surface area contributed by atoms with Crippen LogP contribution in [-0.2, 0) is 40.1 Å². The average Bonchev–Trinajstić information content (AvgIpc) is 3.88. The molecule has 0 unspecified atom stereocenters. The van der Waals surface area contributed by atoms with Crippen LogP contribution in [0.5, 0.6) is 5.75 Å². The van der Waals surface area contributed by atoms with Crippen molar-refractivity contribution in [2.75, 3.05) is 30.5 Å². The van der Waals surface area contributed by atoms with E-state index in [0.29, 0.717) is 71.8 Å². The Morgan fingerprint density at radius 1 is 0.887 bits per heavy atom. The van der Waals surface area contributed by atoms with Crippen molar-refractivity contribution in [3.05, 3.63) is 118 Å². The Morgan fingerprint density at radius 3 is 2.45 bits per heavy atom. The first kappa shape index (κ1) is 44.3. The fourth-order valence-electron chi connectivity index (χ4n) is 7.43. The Bertz CT molecular complexity index is 2480. The summed E-state index contributed by atoms with van der Waals surface area (Å²) < 4.78 is 32.7. The summed E-state index contributed by atoms with van der Waals surface area (Å²) in [6, 6.07) is 22.4. The number of rotatable bonds is 18. The molecule has 4 heterocycles. The van der Waals surface area contributed by atoms with E-state index in [1.54, 1.807) is 36.5 Å². The van der Waals surface area contributed by atoms with Gasteiger partial charge in [0.05, 0.1) is 23.9 Å². The fraction of sp³-hybridized carbons (Fsp3) is 0.375. The largest absolute Gasteiger partial charge is 0.494 e. The number of esters is 2. The van der Waals surface area contributed by atoms with E-state index in [2.05, 4.69) is 26.3 Å². The number of aryl methyl sites for hydroxylation is 2. The highest BCUT2D eigenvalue weighted by Crippen LogP contribution is 2.34. The molecule has 0 spiro atoms. The lowest BCUT2D eigenvalue weighted by atomic mass is 9.94. The van der Waals surface area contributed by atoms with E-state index in [-0.39, 0.29) is 23.4 Å². The smallest absolute Gasteiger partial charge is 0.357 e. The van der Waals surface area contributed by atoms with E-state index in [1.165, 1.54) is 29.8 Å². The third kappa shape index (κ3) is 11.6. The van der Waals surface area contributed by atoms with E-state index in [4.69, 9.17) is 19.2 Å². The number of methoxy groups -OCH3 is 1. The molecule has 6 aromatic rings. The lowest BCUT2D eigenvalue weighted by Crippen LogP contribution is -2.32. The standard InChI is InChI=1S/C48H52FN5O6S2/c1-48(2,3)60-41(55)20-9-7-5-6-8-14-31-28-37(49)42(50-29-31)33-21-23-34(24-22-33)59-27-13-19-40-43(45(57)58-4)52-47(62-40)54-26-25-32-15-12-16-35(36(32)30-54)44(56)53-46-51-38-17-10-11-18-39(38)61-46/h10-12,15-18,21-24,28-29H,5-9,13-14,19-20,25-27,30H2,1-4H3,(H,51,53,56). The summed E-state index contributed by atoms with van der Waals surface area (Å²) in [6.45, 7) is 7.17. The summed E-state index contributed by atoms with van der Waals surface area (Å²) in [5.74, 6) is -0.580. The Morgan fingerprint density at radius 2 is 1.68 bits per heavy atom. The molecule has 1 N–H and O–H groups in total. The van der Waals surface area contributed by atoms with Crippen LogP contribution in [0.2, 0.25) is 0 Å². The Hall–Kier alpha value is -5.73. The van der Waals surface area contributed by atoms with Gasteiger partial charge in [0.15, 0.2) is 16.0 Å². The minimum Gasteiger partial charge on any atom is -0.494 e. The van der Waals surface area contributed by atoms with Crippen LogP contribution in [0.15, 0.2) is 79.0 Å². The number of halogens is 1. The monoisotopic (exact) mass is 877 g/mol. The summed E-state index contributed by atoms with van der Waals surface area (Å²) in [6.07, 6.45) is 9.53. The predicted molar refractivity (Wildman–Crippen MR) is 243 cm³/mol. The minimum atomic E-state index is -0.495. The molecule has 0 radical (unpaired) electrons. The SMILES string of the molecule is COC(=O)c1nc(N2CCc3cccc(C(=O)Nc4nc5ccccc5s4)c3C2)sc1CCCOc1ccc(-c2ncc(CCCCCCCC(=O)OC(C)(C)C)cc2F)cc1. The highest BCUT2D eigenvalue weighted by Gasteiger charge is 2.27. The average molecular weight is 878 g/mol. The van der Waals surface area contributed by atoms with Gasteiger partial charge in [-0.2, -0.15) is 0 Å². The number of carbonyl (C=O) groups is 3. The van der Waals surface area contributed by atoms with Gasteiger partial charge in [0.2, 0.25) is 0 Å². The summed E-state index contributed by atoms with van der Waals surface area (Å²) in [7, 11) is 1.35. The molecule has 0 aliphatic carbocycles. The van der Waals surface area contributed by atoms with Crippen LogP contribution in [0.25, 0.3) is 21.5 Å². The predicted octanol–water partition coefficient (Wildman–Crippen LogP) is 10.8. The summed E-state index contributed by atoms with van der Waals surface area (Å²) in [5, 5.41) is 4.24. The maximum absolute atomic E-state index is 15.2. The van der Waals surface area contributed by atoms with Crippen molar-refractivity contribution in [2.24, 2.45) is 0 Å². The van der Waals surface area contributed by atoms with E-state index in [1.807, 2.05) is 57.2 Å². The minimum absolute atomic E-state index is 0.153. The second kappa shape index (κ2) is 20.4. The molecule has 324 valence electrons. The summed E-state index contributed by atoms with van der Waals surface area (Å²) >= 11 is 2.89. The van der Waals surface area contributed by atoms with Crippen LogP contribution >= 0.6 is 22.7 Å². The first-order chi connectivity index (χ1) is 29.9. The second-order valence-electron chi connectivity index (χ2n) is 16.3. The molecule has 0 fully saturated rings. The number of nitrogens with zero attached hydrogens (tertiary/aromatic N) is 4. The zero-order valence-corrected chi connectivity index (χ0v) is 37.3. The quantitative estimate of drug-likeness (QED) is 0.0657. The number of benzene rings is 3. The van der Waals surface area contributed by atoms with Gasteiger partial charge in [-0.05, 0) is 125 Å². The van der Waals surface area contributed by atoms with Gasteiger partial charge in [0.25, 0.3) is 5.91 Å². The van der Waals surface area contributed by atoms with Crippen molar-refractivity contribution >= 4 is 61.0 Å². The molecular formula is C48H52FN5O6S2. The number of para-hydroxylation sites is 1. The number of ether oxygens (including phenoxy) is 3. The van der Waals surface area contributed by atoms with Crippen molar-refractivity contribution in [3.63, 3.8) is 0 Å². The number of aromatic nitrogens is 3. The lowest BCUT2D eigenvalue weighted by molar-refractivity contribution is -0.154. The number of nitrogens with one attached hydrogen (secondary N) is 1. The first-order valence-corrected chi connectivity index (χ1v) is 22.8. The molecule has 3 aromatic carbocycles. The molecule has 1 aliphatic heterocycles. The maximum atomic E-state index is 15.2. The molecule has 1 aliphatic rings. The number of hydrogen-bond donors (Lipinski definition) is 1. The number of thiazole rings is 2. The van der Waals surface area contributed by atoms with Crippen molar-refractivity contribution in [2.45, 2.75) is 97.1 Å². The molecule has 11 nitrogen and oxygen atoms in total. The Balaban J connectivity index is 0.887. The number of hydrogen-bond acceptors (Lipinski definition) is 12. The molecule has 1 amide bonds. The van der Waals surface area contributed by atoms with E-state index < -0.39 is 11.6 Å². The molecule has 0 saturated heterocycles. The normalized spacial score (nSPS) is 12.6. The third-order valence-electron chi connectivity index (χ3n) is 10.5. The van der Waals surface area contributed by atoms with E-state index in [9.17, 15) is 14.4 Å². The molecule has 3 aromatic heterocycles. The number of pyridine rings is 1. The second-order valence-corrected chi connectivity index (χ2v) is 18.4. The van der Waals surface area contributed by atoms with Crippen molar-refractivity contribution < 1.29 is 33.0 Å². The zero-order chi connectivity index (χ0) is 43.6. The summed E-state index contributed by atoms with van der Waals surface area (Å²) in [4.78, 5) is 55.0. The van der Waals surface area contributed by atoms with Gasteiger partial charge < -0.3 is 19.1 Å². The van der Waals surface area contributed by atoms with Gasteiger partial charge >= 0.3 is 11.9 Å². The molecular weight excluding hydrogens is 826 g/mol. The van der Waals surface area contributed by atoms with E-state index in [0.717, 1.165) is 76.7 Å². The van der Waals surface area contributed by atoms with Gasteiger partial charge in [0, 0.05) is 41.7 Å².